The molecule has 0 saturated carbocycles. The van der Waals surface area contributed by atoms with Crippen LogP contribution in [0.2, 0.25) is 0 Å². The Bertz CT molecular complexity index is 1010. The fourth-order valence-corrected chi connectivity index (χ4v) is 4.20. The zero-order chi connectivity index (χ0) is 23.4. The molecule has 0 bridgehead atoms. The van der Waals surface area contributed by atoms with E-state index >= 15 is 0 Å². The molecule has 0 atom stereocenters. The van der Waals surface area contributed by atoms with Gasteiger partial charge in [-0.05, 0) is 35.7 Å². The van der Waals surface area contributed by atoms with Crippen LogP contribution in [-0.4, -0.2) is 72.7 Å². The number of β-amino-alcohol motifs (C(OH)–C–C–N with tert-alkyl or cyclic N) is 1. The molecule has 0 unspecified atom stereocenters. The SMILES string of the molecule is CC(C)COc1ccc(N2C(=O)C(c3ccccc3)=C(N3CCN(CCO)CC3)C2=O)cc1. The lowest BCUT2D eigenvalue weighted by Gasteiger charge is -2.36. The predicted octanol–water partition coefficient (Wildman–Crippen LogP) is 2.62. The lowest BCUT2D eigenvalue weighted by Crippen LogP contribution is -2.48. The molecule has 2 amide bonds. The van der Waals surface area contributed by atoms with Crippen molar-refractivity contribution >= 4 is 23.1 Å². The molecule has 0 radical (unpaired) electrons. The van der Waals surface area contributed by atoms with E-state index in [1.165, 1.54) is 4.90 Å². The van der Waals surface area contributed by atoms with Crippen molar-refractivity contribution in [2.24, 2.45) is 5.92 Å². The van der Waals surface area contributed by atoms with Crippen molar-refractivity contribution in [3.63, 3.8) is 0 Å². The molecule has 33 heavy (non-hydrogen) atoms. The minimum atomic E-state index is -0.310. The maximum atomic E-state index is 13.6. The highest BCUT2D eigenvalue weighted by atomic mass is 16.5. The molecule has 4 rings (SSSR count). The summed E-state index contributed by atoms with van der Waals surface area (Å²) in [5.74, 6) is 0.507. The second-order valence-corrected chi connectivity index (χ2v) is 8.79. The summed E-state index contributed by atoms with van der Waals surface area (Å²) in [4.78, 5) is 32.6. The molecular weight excluding hydrogens is 418 g/mol. The number of aliphatic hydroxyl groups is 1. The number of aliphatic hydroxyl groups excluding tert-OH is 1. The lowest BCUT2D eigenvalue weighted by molar-refractivity contribution is -0.120. The van der Waals surface area contributed by atoms with Crippen LogP contribution < -0.4 is 9.64 Å². The third kappa shape index (κ3) is 4.94. The van der Waals surface area contributed by atoms with Crippen LogP contribution >= 0.6 is 0 Å². The number of imide groups is 1. The molecule has 1 N–H and O–H groups in total. The molecule has 1 fully saturated rings. The summed E-state index contributed by atoms with van der Waals surface area (Å²) in [7, 11) is 0. The van der Waals surface area contributed by atoms with Crippen LogP contribution in [0.15, 0.2) is 60.3 Å². The molecule has 2 aromatic rings. The van der Waals surface area contributed by atoms with E-state index in [2.05, 4.69) is 18.7 Å². The van der Waals surface area contributed by atoms with E-state index in [1.54, 1.807) is 24.3 Å². The second kappa shape index (κ2) is 10.2. The van der Waals surface area contributed by atoms with E-state index in [1.807, 2.05) is 35.2 Å². The number of carbonyl (C=O) groups excluding carboxylic acids is 2. The number of hydrogen-bond donors (Lipinski definition) is 1. The Kier molecular flexibility index (Phi) is 7.11. The molecule has 1 saturated heterocycles. The van der Waals surface area contributed by atoms with Gasteiger partial charge in [-0.25, -0.2) is 4.90 Å². The average molecular weight is 450 g/mol. The predicted molar refractivity (Wildman–Crippen MR) is 128 cm³/mol. The molecule has 2 aliphatic rings. The average Bonchev–Trinajstić information content (AvgIpc) is 3.09. The summed E-state index contributed by atoms with van der Waals surface area (Å²) >= 11 is 0. The standard InChI is InChI=1S/C26H31N3O4/c1-19(2)18-33-22-10-8-21(9-11-22)29-25(31)23(20-6-4-3-5-7-20)24(26(29)32)28-14-12-27(13-15-28)16-17-30/h3-11,19,30H,12-18H2,1-2H3. The van der Waals surface area contributed by atoms with Gasteiger partial charge >= 0.3 is 0 Å². The Morgan fingerprint density at radius 2 is 1.58 bits per heavy atom. The molecular formula is C26H31N3O4. The number of amides is 2. The topological polar surface area (TPSA) is 73.3 Å². The van der Waals surface area contributed by atoms with Crippen molar-refractivity contribution < 1.29 is 19.4 Å². The Hall–Kier alpha value is -3.16. The van der Waals surface area contributed by atoms with Gasteiger partial charge in [0.05, 0.1) is 24.5 Å². The monoisotopic (exact) mass is 449 g/mol. The molecule has 7 nitrogen and oxygen atoms in total. The van der Waals surface area contributed by atoms with Crippen LogP contribution in [0.4, 0.5) is 5.69 Å². The van der Waals surface area contributed by atoms with Crippen LogP contribution in [0.1, 0.15) is 19.4 Å². The number of carbonyl (C=O) groups is 2. The first-order valence-electron chi connectivity index (χ1n) is 11.5. The van der Waals surface area contributed by atoms with Gasteiger partial charge in [0, 0.05) is 32.7 Å². The van der Waals surface area contributed by atoms with Crippen molar-refractivity contribution in [2.75, 3.05) is 50.8 Å². The normalized spacial score (nSPS) is 17.5. The number of rotatable bonds is 8. The molecule has 0 spiro atoms. The fourth-order valence-electron chi connectivity index (χ4n) is 4.20. The quantitative estimate of drug-likeness (QED) is 0.625. The number of piperazine rings is 1. The Morgan fingerprint density at radius 1 is 0.909 bits per heavy atom. The summed E-state index contributed by atoms with van der Waals surface area (Å²) in [5, 5.41) is 9.23. The van der Waals surface area contributed by atoms with E-state index in [9.17, 15) is 14.7 Å². The van der Waals surface area contributed by atoms with E-state index < -0.39 is 0 Å². The van der Waals surface area contributed by atoms with E-state index in [0.29, 0.717) is 54.9 Å². The van der Waals surface area contributed by atoms with Crippen LogP contribution in [0.25, 0.3) is 5.57 Å². The molecule has 0 aliphatic carbocycles. The third-order valence-electron chi connectivity index (χ3n) is 5.90. The summed E-state index contributed by atoms with van der Waals surface area (Å²) in [6.07, 6.45) is 0. The highest BCUT2D eigenvalue weighted by Crippen LogP contribution is 2.35. The maximum absolute atomic E-state index is 13.6. The van der Waals surface area contributed by atoms with Gasteiger partial charge in [0.2, 0.25) is 0 Å². The van der Waals surface area contributed by atoms with E-state index in [-0.39, 0.29) is 18.4 Å². The smallest absolute Gasteiger partial charge is 0.282 e. The second-order valence-electron chi connectivity index (χ2n) is 8.79. The third-order valence-corrected chi connectivity index (χ3v) is 5.90. The highest BCUT2D eigenvalue weighted by Gasteiger charge is 2.43. The molecule has 2 heterocycles. The van der Waals surface area contributed by atoms with Crippen LogP contribution in [0, 0.1) is 5.92 Å². The summed E-state index contributed by atoms with van der Waals surface area (Å²) in [5.41, 5.74) is 2.17. The maximum Gasteiger partial charge on any atom is 0.282 e. The van der Waals surface area contributed by atoms with Crippen LogP contribution in [0.5, 0.6) is 5.75 Å². The van der Waals surface area contributed by atoms with Gasteiger partial charge in [-0.1, -0.05) is 44.2 Å². The lowest BCUT2D eigenvalue weighted by atomic mass is 10.0. The van der Waals surface area contributed by atoms with Crippen molar-refractivity contribution in [1.82, 2.24) is 9.80 Å². The van der Waals surface area contributed by atoms with Crippen molar-refractivity contribution in [1.29, 1.82) is 0 Å². The molecule has 2 aromatic carbocycles. The Labute approximate surface area is 194 Å². The minimum Gasteiger partial charge on any atom is -0.493 e. The number of ether oxygens (including phenoxy) is 1. The van der Waals surface area contributed by atoms with Crippen LogP contribution in [0.3, 0.4) is 0 Å². The van der Waals surface area contributed by atoms with Gasteiger partial charge in [0.15, 0.2) is 0 Å². The molecule has 7 heteroatoms. The number of anilines is 1. The Balaban J connectivity index is 1.63. The van der Waals surface area contributed by atoms with Gasteiger partial charge in [-0.2, -0.15) is 0 Å². The van der Waals surface area contributed by atoms with Gasteiger partial charge in [0.25, 0.3) is 11.8 Å². The van der Waals surface area contributed by atoms with Crippen LogP contribution in [-0.2, 0) is 9.59 Å². The van der Waals surface area contributed by atoms with Gasteiger partial charge < -0.3 is 14.7 Å². The first-order chi connectivity index (χ1) is 16.0. The van der Waals surface area contributed by atoms with Gasteiger partial charge in [-0.3, -0.25) is 14.5 Å². The molecule has 2 aliphatic heterocycles. The Morgan fingerprint density at radius 3 is 2.18 bits per heavy atom. The number of benzene rings is 2. The van der Waals surface area contributed by atoms with E-state index in [0.717, 1.165) is 18.7 Å². The van der Waals surface area contributed by atoms with Gasteiger partial charge in [0.1, 0.15) is 11.4 Å². The summed E-state index contributed by atoms with van der Waals surface area (Å²) in [6.45, 7) is 8.21. The highest BCUT2D eigenvalue weighted by molar-refractivity contribution is 6.45. The zero-order valence-corrected chi connectivity index (χ0v) is 19.2. The molecule has 174 valence electrons. The fraction of sp³-hybridized carbons (Fsp3) is 0.385. The van der Waals surface area contributed by atoms with Crippen molar-refractivity contribution in [3.8, 4) is 5.75 Å². The number of nitrogens with zero attached hydrogens (tertiary/aromatic N) is 3. The van der Waals surface area contributed by atoms with Crippen molar-refractivity contribution in [3.05, 3.63) is 65.9 Å². The van der Waals surface area contributed by atoms with Crippen molar-refractivity contribution in [2.45, 2.75) is 13.8 Å². The largest absolute Gasteiger partial charge is 0.493 e. The molecule has 0 aromatic heterocycles. The first kappa shape index (κ1) is 23.0. The van der Waals surface area contributed by atoms with E-state index in [4.69, 9.17) is 4.74 Å². The first-order valence-corrected chi connectivity index (χ1v) is 11.5. The summed E-state index contributed by atoms with van der Waals surface area (Å²) < 4.78 is 5.75. The minimum absolute atomic E-state index is 0.111. The summed E-state index contributed by atoms with van der Waals surface area (Å²) in [6, 6.07) is 16.5. The number of hydrogen-bond acceptors (Lipinski definition) is 6. The van der Waals surface area contributed by atoms with Gasteiger partial charge in [-0.15, -0.1) is 0 Å². The zero-order valence-electron chi connectivity index (χ0n) is 19.2.